The second kappa shape index (κ2) is 5.31. The molecule has 2 rings (SSSR count). The van der Waals surface area contributed by atoms with E-state index in [2.05, 4.69) is 24.2 Å². The molecule has 0 aromatic rings. The molecular formula is C13H26N2. The molecule has 1 aliphatic carbocycles. The first kappa shape index (κ1) is 11.4. The fourth-order valence-corrected chi connectivity index (χ4v) is 3.09. The lowest BCUT2D eigenvalue weighted by Gasteiger charge is -2.35. The molecule has 1 aliphatic heterocycles. The summed E-state index contributed by atoms with van der Waals surface area (Å²) >= 11 is 0. The van der Waals surface area contributed by atoms with Crippen LogP contribution in [0.4, 0.5) is 0 Å². The maximum atomic E-state index is 3.59. The molecule has 88 valence electrons. The smallest absolute Gasteiger partial charge is 0.0195 e. The number of nitrogens with zero attached hydrogens (tertiary/aromatic N) is 1. The third kappa shape index (κ3) is 3.18. The van der Waals surface area contributed by atoms with Crippen molar-refractivity contribution in [3.05, 3.63) is 0 Å². The molecule has 2 nitrogen and oxygen atoms in total. The molecule has 2 fully saturated rings. The molecule has 1 heterocycles. The number of hydrogen-bond acceptors (Lipinski definition) is 2. The van der Waals surface area contributed by atoms with Crippen molar-refractivity contribution >= 4 is 0 Å². The lowest BCUT2D eigenvalue weighted by atomic mass is 9.86. The van der Waals surface area contributed by atoms with Crippen molar-refractivity contribution < 1.29 is 0 Å². The summed E-state index contributed by atoms with van der Waals surface area (Å²) in [5.74, 6) is 0.972. The van der Waals surface area contributed by atoms with E-state index in [1.54, 1.807) is 0 Å². The van der Waals surface area contributed by atoms with Crippen molar-refractivity contribution in [1.82, 2.24) is 10.2 Å². The first-order valence-corrected chi connectivity index (χ1v) is 6.69. The Labute approximate surface area is 94.4 Å². The van der Waals surface area contributed by atoms with E-state index in [4.69, 9.17) is 0 Å². The molecule has 1 atom stereocenters. The Balaban J connectivity index is 1.72. The van der Waals surface area contributed by atoms with E-state index in [1.807, 2.05) is 0 Å². The number of nitrogens with one attached hydrogen (secondary N) is 1. The van der Waals surface area contributed by atoms with Crippen LogP contribution in [0.2, 0.25) is 0 Å². The van der Waals surface area contributed by atoms with Crippen LogP contribution < -0.4 is 5.32 Å². The minimum atomic E-state index is 0.773. The zero-order valence-electron chi connectivity index (χ0n) is 10.3. The van der Waals surface area contributed by atoms with Crippen molar-refractivity contribution in [2.24, 2.45) is 5.92 Å². The monoisotopic (exact) mass is 210 g/mol. The summed E-state index contributed by atoms with van der Waals surface area (Å²) in [7, 11) is 2.32. The van der Waals surface area contributed by atoms with E-state index in [1.165, 1.54) is 51.6 Å². The van der Waals surface area contributed by atoms with Gasteiger partial charge >= 0.3 is 0 Å². The van der Waals surface area contributed by atoms with Crippen LogP contribution >= 0.6 is 0 Å². The highest BCUT2D eigenvalue weighted by Gasteiger charge is 2.24. The third-order valence-electron chi connectivity index (χ3n) is 4.28. The van der Waals surface area contributed by atoms with Gasteiger partial charge < -0.3 is 10.2 Å². The zero-order chi connectivity index (χ0) is 10.7. The highest BCUT2D eigenvalue weighted by molar-refractivity contribution is 4.82. The van der Waals surface area contributed by atoms with Crippen molar-refractivity contribution in [2.75, 3.05) is 20.1 Å². The minimum Gasteiger partial charge on any atom is -0.313 e. The van der Waals surface area contributed by atoms with Gasteiger partial charge in [-0.3, -0.25) is 0 Å². The molecular weight excluding hydrogens is 184 g/mol. The molecule has 0 amide bonds. The largest absolute Gasteiger partial charge is 0.313 e. The molecule has 2 aliphatic rings. The Morgan fingerprint density at radius 3 is 2.47 bits per heavy atom. The Morgan fingerprint density at radius 1 is 1.13 bits per heavy atom. The molecule has 1 unspecified atom stereocenters. The van der Waals surface area contributed by atoms with Crippen LogP contribution in [-0.4, -0.2) is 37.1 Å². The SMILES string of the molecule is CC1CCC(N(C)CC2CCCN2)CC1. The molecule has 15 heavy (non-hydrogen) atoms. The normalized spacial score (nSPS) is 37.4. The van der Waals surface area contributed by atoms with Gasteiger partial charge in [0.2, 0.25) is 0 Å². The number of likely N-dealkylation sites (N-methyl/N-ethyl adjacent to an activating group) is 1. The molecule has 1 saturated carbocycles. The van der Waals surface area contributed by atoms with E-state index in [-0.39, 0.29) is 0 Å². The van der Waals surface area contributed by atoms with Gasteiger partial charge in [0.15, 0.2) is 0 Å². The van der Waals surface area contributed by atoms with Crippen LogP contribution in [0.3, 0.4) is 0 Å². The minimum absolute atomic E-state index is 0.773. The predicted octanol–water partition coefficient (Wildman–Crippen LogP) is 2.25. The second-order valence-electron chi connectivity index (χ2n) is 5.65. The summed E-state index contributed by atoms with van der Waals surface area (Å²) in [6.07, 6.45) is 8.47. The molecule has 0 bridgehead atoms. The summed E-state index contributed by atoms with van der Waals surface area (Å²) in [5.41, 5.74) is 0. The number of rotatable bonds is 3. The summed E-state index contributed by atoms with van der Waals surface area (Å²) in [6, 6.07) is 1.64. The lowest BCUT2D eigenvalue weighted by molar-refractivity contribution is 0.159. The molecule has 1 N–H and O–H groups in total. The third-order valence-corrected chi connectivity index (χ3v) is 4.28. The van der Waals surface area contributed by atoms with Gasteiger partial charge in [-0.25, -0.2) is 0 Å². The fourth-order valence-electron chi connectivity index (χ4n) is 3.09. The van der Waals surface area contributed by atoms with Gasteiger partial charge in [-0.05, 0) is 58.0 Å². The van der Waals surface area contributed by atoms with Gasteiger partial charge in [0.25, 0.3) is 0 Å². The molecule has 1 saturated heterocycles. The van der Waals surface area contributed by atoms with E-state index < -0.39 is 0 Å². The summed E-state index contributed by atoms with van der Waals surface area (Å²) in [4.78, 5) is 2.61. The predicted molar refractivity (Wildman–Crippen MR) is 65.1 cm³/mol. The van der Waals surface area contributed by atoms with Gasteiger partial charge in [0.05, 0.1) is 0 Å². The summed E-state index contributed by atoms with van der Waals surface area (Å²) < 4.78 is 0. The van der Waals surface area contributed by atoms with E-state index in [9.17, 15) is 0 Å². The topological polar surface area (TPSA) is 15.3 Å². The first-order chi connectivity index (χ1) is 7.25. The van der Waals surface area contributed by atoms with Gasteiger partial charge in [-0.2, -0.15) is 0 Å². The summed E-state index contributed by atoms with van der Waals surface area (Å²) in [6.45, 7) is 4.90. The molecule has 2 heteroatoms. The van der Waals surface area contributed by atoms with Gasteiger partial charge in [-0.1, -0.05) is 6.92 Å². The highest BCUT2D eigenvalue weighted by atomic mass is 15.2. The van der Waals surface area contributed by atoms with Crippen molar-refractivity contribution in [1.29, 1.82) is 0 Å². The van der Waals surface area contributed by atoms with Gasteiger partial charge in [-0.15, -0.1) is 0 Å². The van der Waals surface area contributed by atoms with Gasteiger partial charge in [0, 0.05) is 18.6 Å². The van der Waals surface area contributed by atoms with Crippen LogP contribution in [0, 0.1) is 5.92 Å². The molecule has 0 spiro atoms. The standard InChI is InChI=1S/C13H26N2/c1-11-5-7-13(8-6-11)15(2)10-12-4-3-9-14-12/h11-14H,3-10H2,1-2H3. The van der Waals surface area contributed by atoms with Crippen LogP contribution in [-0.2, 0) is 0 Å². The molecule has 0 aromatic carbocycles. The van der Waals surface area contributed by atoms with E-state index >= 15 is 0 Å². The van der Waals surface area contributed by atoms with Crippen molar-refractivity contribution in [3.63, 3.8) is 0 Å². The Morgan fingerprint density at radius 2 is 1.87 bits per heavy atom. The quantitative estimate of drug-likeness (QED) is 0.768. The average molecular weight is 210 g/mol. The average Bonchev–Trinajstić information content (AvgIpc) is 2.71. The molecule has 0 radical (unpaired) electrons. The van der Waals surface area contributed by atoms with Crippen LogP contribution in [0.15, 0.2) is 0 Å². The van der Waals surface area contributed by atoms with Gasteiger partial charge in [0.1, 0.15) is 0 Å². The summed E-state index contributed by atoms with van der Waals surface area (Å²) in [5, 5.41) is 3.59. The Bertz CT molecular complexity index is 179. The van der Waals surface area contributed by atoms with Crippen molar-refractivity contribution in [3.8, 4) is 0 Å². The van der Waals surface area contributed by atoms with E-state index in [0.717, 1.165) is 18.0 Å². The Kier molecular flexibility index (Phi) is 4.04. The lowest BCUT2D eigenvalue weighted by Crippen LogP contribution is -2.42. The maximum absolute atomic E-state index is 3.59. The van der Waals surface area contributed by atoms with Crippen LogP contribution in [0.25, 0.3) is 0 Å². The Hall–Kier alpha value is -0.0800. The number of hydrogen-bond donors (Lipinski definition) is 1. The van der Waals surface area contributed by atoms with Crippen LogP contribution in [0.5, 0.6) is 0 Å². The maximum Gasteiger partial charge on any atom is 0.0195 e. The van der Waals surface area contributed by atoms with Crippen LogP contribution in [0.1, 0.15) is 45.4 Å². The van der Waals surface area contributed by atoms with E-state index in [0.29, 0.717) is 0 Å². The fraction of sp³-hybridized carbons (Fsp3) is 1.00. The zero-order valence-corrected chi connectivity index (χ0v) is 10.3. The first-order valence-electron chi connectivity index (χ1n) is 6.69. The highest BCUT2D eigenvalue weighted by Crippen LogP contribution is 2.26. The molecule has 0 aromatic heterocycles. The van der Waals surface area contributed by atoms with Crippen molar-refractivity contribution in [2.45, 2.75) is 57.5 Å². The second-order valence-corrected chi connectivity index (χ2v) is 5.65.